The van der Waals surface area contributed by atoms with Crippen molar-refractivity contribution in [1.29, 1.82) is 0 Å². The van der Waals surface area contributed by atoms with Crippen molar-refractivity contribution >= 4 is 29.2 Å². The number of aryl methyl sites for hydroxylation is 3. The Hall–Kier alpha value is -3.12. The second-order valence-corrected chi connectivity index (χ2v) is 6.77. The molecule has 3 aromatic rings. The van der Waals surface area contributed by atoms with Crippen molar-refractivity contribution < 1.29 is 18.8 Å². The number of ether oxygens (including phenoxy) is 1. The van der Waals surface area contributed by atoms with E-state index in [1.807, 2.05) is 26.0 Å². The molecule has 0 aliphatic carbocycles. The summed E-state index contributed by atoms with van der Waals surface area (Å²) in [6.45, 7) is 5.11. The van der Waals surface area contributed by atoms with Crippen LogP contribution < -0.4 is 5.32 Å². The first kappa shape index (κ1) is 19.6. The van der Waals surface area contributed by atoms with E-state index in [4.69, 9.17) is 20.9 Å². The average molecular weight is 399 g/mol. The first-order chi connectivity index (χ1) is 13.4. The summed E-state index contributed by atoms with van der Waals surface area (Å²) in [7, 11) is 0. The quantitative estimate of drug-likeness (QED) is 0.629. The van der Waals surface area contributed by atoms with Gasteiger partial charge in [-0.15, -0.1) is 0 Å². The molecule has 0 fully saturated rings. The van der Waals surface area contributed by atoms with E-state index in [-0.39, 0.29) is 17.0 Å². The maximum Gasteiger partial charge on any atom is 0.344 e. The fourth-order valence-electron chi connectivity index (χ4n) is 2.67. The SMILES string of the molecule is Cc1ccc(NC(=O)COC(=O)c2c(-c3ccccc3Cl)noc2C)cc1C. The number of nitrogens with zero attached hydrogens (tertiary/aromatic N) is 1. The Morgan fingerprint density at radius 2 is 1.86 bits per heavy atom. The standard InChI is InChI=1S/C21H19ClN2O4/c1-12-8-9-15(10-13(12)2)23-18(25)11-27-21(26)19-14(3)28-24-20(19)16-6-4-5-7-17(16)22/h4-10H,11H2,1-3H3,(H,23,25). The molecule has 1 N–H and O–H groups in total. The summed E-state index contributed by atoms with van der Waals surface area (Å²) in [5, 5.41) is 7.05. The van der Waals surface area contributed by atoms with Gasteiger partial charge in [0.25, 0.3) is 5.91 Å². The molecular formula is C21H19ClN2O4. The lowest BCUT2D eigenvalue weighted by molar-refractivity contribution is -0.119. The lowest BCUT2D eigenvalue weighted by Gasteiger charge is -2.09. The monoisotopic (exact) mass is 398 g/mol. The van der Waals surface area contributed by atoms with Crippen molar-refractivity contribution in [2.45, 2.75) is 20.8 Å². The smallest absolute Gasteiger partial charge is 0.344 e. The number of hydrogen-bond donors (Lipinski definition) is 1. The van der Waals surface area contributed by atoms with Gasteiger partial charge < -0.3 is 14.6 Å². The minimum atomic E-state index is -0.705. The molecule has 7 heteroatoms. The van der Waals surface area contributed by atoms with Gasteiger partial charge in [-0.2, -0.15) is 0 Å². The van der Waals surface area contributed by atoms with Gasteiger partial charge in [-0.05, 0) is 50.1 Å². The van der Waals surface area contributed by atoms with Crippen molar-refractivity contribution in [3.05, 3.63) is 69.9 Å². The zero-order chi connectivity index (χ0) is 20.3. The third kappa shape index (κ3) is 4.23. The van der Waals surface area contributed by atoms with Crippen LogP contribution >= 0.6 is 11.6 Å². The lowest BCUT2D eigenvalue weighted by atomic mass is 10.1. The summed E-state index contributed by atoms with van der Waals surface area (Å²) in [5.74, 6) is -0.858. The maximum atomic E-state index is 12.5. The molecule has 0 saturated carbocycles. The van der Waals surface area contributed by atoms with Crippen LogP contribution in [-0.4, -0.2) is 23.6 Å². The van der Waals surface area contributed by atoms with Crippen molar-refractivity contribution in [3.8, 4) is 11.3 Å². The van der Waals surface area contributed by atoms with Crippen molar-refractivity contribution in [3.63, 3.8) is 0 Å². The molecule has 28 heavy (non-hydrogen) atoms. The average Bonchev–Trinajstić information content (AvgIpc) is 3.04. The topological polar surface area (TPSA) is 81.4 Å². The zero-order valence-corrected chi connectivity index (χ0v) is 16.5. The van der Waals surface area contributed by atoms with Crippen LogP contribution in [0.4, 0.5) is 5.69 Å². The summed E-state index contributed by atoms with van der Waals surface area (Å²) in [6, 6.07) is 12.5. The van der Waals surface area contributed by atoms with Gasteiger partial charge >= 0.3 is 5.97 Å². The number of halogens is 1. The second kappa shape index (κ2) is 8.27. The summed E-state index contributed by atoms with van der Waals surface area (Å²) in [4.78, 5) is 24.7. The van der Waals surface area contributed by atoms with E-state index in [0.29, 0.717) is 16.3 Å². The first-order valence-corrected chi connectivity index (χ1v) is 9.00. The maximum absolute atomic E-state index is 12.5. The minimum Gasteiger partial charge on any atom is -0.452 e. The predicted octanol–water partition coefficient (Wildman–Crippen LogP) is 4.72. The predicted molar refractivity (Wildman–Crippen MR) is 107 cm³/mol. The Bertz CT molecular complexity index is 1040. The Morgan fingerprint density at radius 1 is 1.11 bits per heavy atom. The van der Waals surface area contributed by atoms with Gasteiger partial charge in [0.05, 0.1) is 5.02 Å². The molecule has 1 aromatic heterocycles. The van der Waals surface area contributed by atoms with E-state index in [1.165, 1.54) is 0 Å². The first-order valence-electron chi connectivity index (χ1n) is 8.62. The molecule has 0 radical (unpaired) electrons. The molecule has 6 nitrogen and oxygen atoms in total. The number of amides is 1. The zero-order valence-electron chi connectivity index (χ0n) is 15.7. The van der Waals surface area contributed by atoms with Crippen LogP contribution in [0.2, 0.25) is 5.02 Å². The van der Waals surface area contributed by atoms with E-state index < -0.39 is 18.5 Å². The third-order valence-corrected chi connectivity index (χ3v) is 4.65. The highest BCUT2D eigenvalue weighted by Gasteiger charge is 2.24. The Kier molecular flexibility index (Phi) is 5.80. The highest BCUT2D eigenvalue weighted by molar-refractivity contribution is 6.33. The van der Waals surface area contributed by atoms with Gasteiger partial charge in [0, 0.05) is 11.3 Å². The largest absolute Gasteiger partial charge is 0.452 e. The molecule has 1 heterocycles. The molecule has 0 aliphatic heterocycles. The van der Waals surface area contributed by atoms with Gasteiger partial charge in [-0.3, -0.25) is 4.79 Å². The molecule has 144 valence electrons. The van der Waals surface area contributed by atoms with Crippen LogP contribution in [0.3, 0.4) is 0 Å². The molecule has 0 aliphatic rings. The van der Waals surface area contributed by atoms with Crippen molar-refractivity contribution in [2.75, 3.05) is 11.9 Å². The Balaban J connectivity index is 1.70. The number of hydrogen-bond acceptors (Lipinski definition) is 5. The molecule has 0 bridgehead atoms. The molecular weight excluding hydrogens is 380 g/mol. The van der Waals surface area contributed by atoms with E-state index in [2.05, 4.69) is 10.5 Å². The number of anilines is 1. The number of carbonyl (C=O) groups excluding carboxylic acids is 2. The van der Waals surface area contributed by atoms with Crippen LogP contribution in [0.15, 0.2) is 47.0 Å². The molecule has 2 aromatic carbocycles. The van der Waals surface area contributed by atoms with Gasteiger partial charge in [-0.25, -0.2) is 4.79 Å². The van der Waals surface area contributed by atoms with Gasteiger partial charge in [0.1, 0.15) is 17.0 Å². The van der Waals surface area contributed by atoms with Crippen molar-refractivity contribution in [1.82, 2.24) is 5.16 Å². The van der Waals surface area contributed by atoms with E-state index in [9.17, 15) is 9.59 Å². The number of carbonyl (C=O) groups is 2. The minimum absolute atomic E-state index is 0.145. The normalized spacial score (nSPS) is 10.6. The fourth-order valence-corrected chi connectivity index (χ4v) is 2.89. The number of esters is 1. The third-order valence-electron chi connectivity index (χ3n) is 4.32. The van der Waals surface area contributed by atoms with Crippen LogP contribution in [0.5, 0.6) is 0 Å². The molecule has 0 atom stereocenters. The number of benzene rings is 2. The Labute approximate surface area is 167 Å². The Morgan fingerprint density at radius 3 is 2.57 bits per heavy atom. The summed E-state index contributed by atoms with van der Waals surface area (Å²) >= 11 is 6.19. The fraction of sp³-hybridized carbons (Fsp3) is 0.190. The summed E-state index contributed by atoms with van der Waals surface area (Å²) in [5.41, 5.74) is 3.79. The number of nitrogens with one attached hydrogen (secondary N) is 1. The molecule has 0 unspecified atom stereocenters. The van der Waals surface area contributed by atoms with Crippen LogP contribution in [-0.2, 0) is 9.53 Å². The van der Waals surface area contributed by atoms with E-state index in [0.717, 1.165) is 11.1 Å². The highest BCUT2D eigenvalue weighted by Crippen LogP contribution is 2.31. The second-order valence-electron chi connectivity index (χ2n) is 6.37. The summed E-state index contributed by atoms with van der Waals surface area (Å²) < 4.78 is 10.3. The van der Waals surface area contributed by atoms with Crippen LogP contribution in [0.25, 0.3) is 11.3 Å². The van der Waals surface area contributed by atoms with E-state index >= 15 is 0 Å². The highest BCUT2D eigenvalue weighted by atomic mass is 35.5. The van der Waals surface area contributed by atoms with Gasteiger partial charge in [0.15, 0.2) is 6.61 Å². The molecule has 1 amide bonds. The number of rotatable bonds is 5. The van der Waals surface area contributed by atoms with Crippen LogP contribution in [0.1, 0.15) is 27.2 Å². The number of aromatic nitrogens is 1. The van der Waals surface area contributed by atoms with Crippen molar-refractivity contribution in [2.24, 2.45) is 0 Å². The lowest BCUT2D eigenvalue weighted by Crippen LogP contribution is -2.21. The van der Waals surface area contributed by atoms with Gasteiger partial charge in [0.2, 0.25) is 0 Å². The van der Waals surface area contributed by atoms with Gasteiger partial charge in [-0.1, -0.05) is 41.0 Å². The van der Waals surface area contributed by atoms with Crippen LogP contribution in [0, 0.1) is 20.8 Å². The molecule has 0 spiro atoms. The molecule has 3 rings (SSSR count). The summed E-state index contributed by atoms with van der Waals surface area (Å²) in [6.07, 6.45) is 0. The van der Waals surface area contributed by atoms with E-state index in [1.54, 1.807) is 37.3 Å². The molecule has 0 saturated heterocycles.